The van der Waals surface area contributed by atoms with Gasteiger partial charge in [-0.05, 0) is 30.0 Å². The quantitative estimate of drug-likeness (QED) is 0.892. The number of nitrogens with zero attached hydrogens (tertiary/aromatic N) is 1. The molecule has 1 heterocycles. The van der Waals surface area contributed by atoms with Gasteiger partial charge in [0, 0.05) is 24.7 Å². The molecule has 17 heavy (non-hydrogen) atoms. The first kappa shape index (κ1) is 12.4. The van der Waals surface area contributed by atoms with Gasteiger partial charge in [0.05, 0.1) is 18.2 Å². The molecule has 0 radical (unpaired) electrons. The Morgan fingerprint density at radius 2 is 2.41 bits per heavy atom. The Morgan fingerprint density at radius 1 is 1.53 bits per heavy atom. The molecule has 0 amide bonds. The van der Waals surface area contributed by atoms with E-state index >= 15 is 0 Å². The number of hydrogen-bond donors (Lipinski definition) is 1. The second-order valence-electron chi connectivity index (χ2n) is 4.28. The van der Waals surface area contributed by atoms with Crippen LogP contribution in [0.3, 0.4) is 0 Å². The van der Waals surface area contributed by atoms with Crippen molar-refractivity contribution in [3.63, 3.8) is 0 Å². The van der Waals surface area contributed by atoms with Gasteiger partial charge in [0.2, 0.25) is 0 Å². The first-order valence-corrected chi connectivity index (χ1v) is 6.14. The maximum Gasteiger partial charge on any atom is 0.0992 e. The normalized spacial score (nSPS) is 19.2. The summed E-state index contributed by atoms with van der Waals surface area (Å²) in [5, 5.41) is 12.8. The van der Waals surface area contributed by atoms with Crippen molar-refractivity contribution >= 4 is 11.6 Å². The topological polar surface area (TPSA) is 45.0 Å². The number of nitrogens with one attached hydrogen (secondary N) is 1. The summed E-state index contributed by atoms with van der Waals surface area (Å²) in [5.74, 6) is 0.618. The van der Waals surface area contributed by atoms with Gasteiger partial charge in [0.1, 0.15) is 0 Å². The zero-order valence-corrected chi connectivity index (χ0v) is 10.3. The molecular formula is C13H15ClN2O. The average molecular weight is 251 g/mol. The van der Waals surface area contributed by atoms with Crippen molar-refractivity contribution in [2.24, 2.45) is 5.92 Å². The van der Waals surface area contributed by atoms with Crippen molar-refractivity contribution in [2.45, 2.75) is 13.0 Å². The highest BCUT2D eigenvalue weighted by molar-refractivity contribution is 6.31. The molecule has 1 aromatic carbocycles. The molecule has 0 bridgehead atoms. The largest absolute Gasteiger partial charge is 0.381 e. The molecule has 1 unspecified atom stereocenters. The van der Waals surface area contributed by atoms with Gasteiger partial charge in [-0.3, -0.25) is 0 Å². The smallest absolute Gasteiger partial charge is 0.0992 e. The summed E-state index contributed by atoms with van der Waals surface area (Å²) in [6.07, 6.45) is 1.13. The van der Waals surface area contributed by atoms with Crippen molar-refractivity contribution in [1.82, 2.24) is 5.32 Å². The molecule has 1 aliphatic rings. The van der Waals surface area contributed by atoms with Crippen LogP contribution >= 0.6 is 11.6 Å². The highest BCUT2D eigenvalue weighted by Gasteiger charge is 2.14. The second kappa shape index (κ2) is 6.02. The predicted molar refractivity (Wildman–Crippen MR) is 66.8 cm³/mol. The van der Waals surface area contributed by atoms with Crippen LogP contribution < -0.4 is 5.32 Å². The van der Waals surface area contributed by atoms with E-state index in [9.17, 15) is 0 Å². The molecule has 1 N–H and O–H groups in total. The Labute approximate surface area is 106 Å². The van der Waals surface area contributed by atoms with Crippen molar-refractivity contribution < 1.29 is 4.74 Å². The van der Waals surface area contributed by atoms with Gasteiger partial charge in [0.25, 0.3) is 0 Å². The van der Waals surface area contributed by atoms with Crippen molar-refractivity contribution in [3.8, 4) is 6.07 Å². The van der Waals surface area contributed by atoms with Gasteiger partial charge in [0.15, 0.2) is 0 Å². The van der Waals surface area contributed by atoms with E-state index in [1.165, 1.54) is 0 Å². The van der Waals surface area contributed by atoms with Crippen LogP contribution in [0, 0.1) is 17.2 Å². The van der Waals surface area contributed by atoms with E-state index in [0.29, 0.717) is 16.5 Å². The number of benzene rings is 1. The minimum Gasteiger partial charge on any atom is -0.381 e. The number of halogens is 1. The Hall–Kier alpha value is -1.08. The fourth-order valence-corrected chi connectivity index (χ4v) is 2.16. The Morgan fingerprint density at radius 3 is 3.06 bits per heavy atom. The Kier molecular flexibility index (Phi) is 4.38. The standard InChI is InChI=1S/C13H15ClN2O/c14-13-5-10(6-15)1-2-12(13)8-16-7-11-3-4-17-9-11/h1-2,5,11,16H,3-4,7-9H2. The SMILES string of the molecule is N#Cc1ccc(CNCC2CCOC2)c(Cl)c1. The molecule has 3 nitrogen and oxygen atoms in total. The number of nitriles is 1. The highest BCUT2D eigenvalue weighted by Crippen LogP contribution is 2.18. The summed E-state index contributed by atoms with van der Waals surface area (Å²) in [6.45, 7) is 3.43. The minimum absolute atomic E-state index is 0.600. The third-order valence-electron chi connectivity index (χ3n) is 2.95. The molecule has 1 aliphatic heterocycles. The molecule has 1 atom stereocenters. The summed E-state index contributed by atoms with van der Waals surface area (Å²) in [6, 6.07) is 7.48. The lowest BCUT2D eigenvalue weighted by atomic mass is 10.1. The number of rotatable bonds is 4. The van der Waals surface area contributed by atoms with E-state index < -0.39 is 0 Å². The van der Waals surface area contributed by atoms with Crippen molar-refractivity contribution in [2.75, 3.05) is 19.8 Å². The van der Waals surface area contributed by atoms with E-state index in [2.05, 4.69) is 11.4 Å². The summed E-state index contributed by atoms with van der Waals surface area (Å²) in [7, 11) is 0. The van der Waals surface area contributed by atoms with Crippen LogP contribution in [0.5, 0.6) is 0 Å². The second-order valence-corrected chi connectivity index (χ2v) is 4.69. The summed E-state index contributed by atoms with van der Waals surface area (Å²) < 4.78 is 5.31. The summed E-state index contributed by atoms with van der Waals surface area (Å²) in [5.41, 5.74) is 1.63. The zero-order chi connectivity index (χ0) is 12.1. The van der Waals surface area contributed by atoms with Crippen LogP contribution in [-0.2, 0) is 11.3 Å². The van der Waals surface area contributed by atoms with E-state index in [1.54, 1.807) is 12.1 Å². The molecule has 1 aromatic rings. The molecule has 2 rings (SSSR count). The van der Waals surface area contributed by atoms with Gasteiger partial charge >= 0.3 is 0 Å². The average Bonchev–Trinajstić information content (AvgIpc) is 2.84. The van der Waals surface area contributed by atoms with E-state index in [4.69, 9.17) is 21.6 Å². The molecule has 1 saturated heterocycles. The first-order valence-electron chi connectivity index (χ1n) is 5.76. The lowest BCUT2D eigenvalue weighted by molar-refractivity contribution is 0.185. The molecule has 0 spiro atoms. The van der Waals surface area contributed by atoms with Gasteiger partial charge in [-0.2, -0.15) is 5.26 Å². The maximum absolute atomic E-state index is 8.73. The summed E-state index contributed by atoms with van der Waals surface area (Å²) >= 11 is 6.09. The minimum atomic E-state index is 0.600. The predicted octanol–water partition coefficient (Wildman–Crippen LogP) is 2.34. The van der Waals surface area contributed by atoms with Crippen LogP contribution in [0.2, 0.25) is 5.02 Å². The van der Waals surface area contributed by atoms with Crippen LogP contribution in [-0.4, -0.2) is 19.8 Å². The van der Waals surface area contributed by atoms with E-state index in [1.807, 2.05) is 6.07 Å². The molecule has 90 valence electrons. The van der Waals surface area contributed by atoms with Gasteiger partial charge in [-0.1, -0.05) is 17.7 Å². The molecule has 4 heteroatoms. The summed E-state index contributed by atoms with van der Waals surface area (Å²) in [4.78, 5) is 0. The van der Waals surface area contributed by atoms with E-state index in [0.717, 1.165) is 38.3 Å². The van der Waals surface area contributed by atoms with Gasteiger partial charge in [-0.25, -0.2) is 0 Å². The van der Waals surface area contributed by atoms with E-state index in [-0.39, 0.29) is 0 Å². The third-order valence-corrected chi connectivity index (χ3v) is 3.31. The lowest BCUT2D eigenvalue weighted by Crippen LogP contribution is -2.22. The number of ether oxygens (including phenoxy) is 1. The fourth-order valence-electron chi connectivity index (χ4n) is 1.92. The van der Waals surface area contributed by atoms with Crippen LogP contribution in [0.1, 0.15) is 17.5 Å². The molecule has 1 fully saturated rings. The maximum atomic E-state index is 8.73. The monoisotopic (exact) mass is 250 g/mol. The molecular weight excluding hydrogens is 236 g/mol. The molecule has 0 aliphatic carbocycles. The highest BCUT2D eigenvalue weighted by atomic mass is 35.5. The van der Waals surface area contributed by atoms with Gasteiger partial charge < -0.3 is 10.1 Å². The van der Waals surface area contributed by atoms with Crippen LogP contribution in [0.15, 0.2) is 18.2 Å². The van der Waals surface area contributed by atoms with Crippen LogP contribution in [0.25, 0.3) is 0 Å². The van der Waals surface area contributed by atoms with Gasteiger partial charge in [-0.15, -0.1) is 0 Å². The molecule has 0 saturated carbocycles. The fraction of sp³-hybridized carbons (Fsp3) is 0.462. The zero-order valence-electron chi connectivity index (χ0n) is 9.58. The molecule has 0 aromatic heterocycles. The number of hydrogen-bond acceptors (Lipinski definition) is 3. The third kappa shape index (κ3) is 3.44. The van der Waals surface area contributed by atoms with Crippen molar-refractivity contribution in [3.05, 3.63) is 34.3 Å². The Balaban J connectivity index is 1.84. The van der Waals surface area contributed by atoms with Crippen molar-refractivity contribution in [1.29, 1.82) is 5.26 Å². The van der Waals surface area contributed by atoms with Crippen LogP contribution in [0.4, 0.5) is 0 Å². The Bertz CT molecular complexity index is 422. The first-order chi connectivity index (χ1) is 8.29. The lowest BCUT2D eigenvalue weighted by Gasteiger charge is -2.10.